The van der Waals surface area contributed by atoms with E-state index in [1.165, 1.54) is 0 Å². The molecule has 4 N–H and O–H groups in total. The molecule has 1 amide bonds. The third-order valence-corrected chi connectivity index (χ3v) is 3.62. The van der Waals surface area contributed by atoms with Crippen LogP contribution in [0.5, 0.6) is 5.75 Å². The van der Waals surface area contributed by atoms with Crippen LogP contribution in [-0.4, -0.2) is 28.3 Å². The third kappa shape index (κ3) is 4.58. The number of hydrogen-bond acceptors (Lipinski definition) is 5. The van der Waals surface area contributed by atoms with Gasteiger partial charge in [-0.05, 0) is 30.2 Å². The minimum Gasteiger partial charge on any atom is -0.507 e. The Kier molecular flexibility index (Phi) is 5.75. The van der Waals surface area contributed by atoms with Crippen molar-refractivity contribution < 1.29 is 9.90 Å². The molecule has 128 valence electrons. The van der Waals surface area contributed by atoms with Gasteiger partial charge in [-0.25, -0.2) is 0 Å². The van der Waals surface area contributed by atoms with Crippen molar-refractivity contribution in [1.29, 1.82) is 0 Å². The molecule has 2 rings (SSSR count). The second-order valence-electron chi connectivity index (χ2n) is 5.62. The first-order valence-electron chi connectivity index (χ1n) is 7.75. The molecular weight excluding hydrogens is 316 g/mol. The number of nitrogens with one attached hydrogen (secondary N) is 1. The van der Waals surface area contributed by atoms with E-state index < -0.39 is 0 Å². The lowest BCUT2D eigenvalue weighted by atomic mass is 10.0. The summed E-state index contributed by atoms with van der Waals surface area (Å²) < 4.78 is 0. The molecule has 0 spiro atoms. The molecule has 6 heteroatoms. The second kappa shape index (κ2) is 7.97. The summed E-state index contributed by atoms with van der Waals surface area (Å²) in [6.07, 6.45) is 0.456. The lowest BCUT2D eigenvalue weighted by molar-refractivity contribution is -0.123. The summed E-state index contributed by atoms with van der Waals surface area (Å²) in [5, 5.41) is 20.4. The molecule has 25 heavy (non-hydrogen) atoms. The van der Waals surface area contributed by atoms with E-state index in [0.29, 0.717) is 28.8 Å². The molecule has 0 fully saturated rings. The van der Waals surface area contributed by atoms with Gasteiger partial charge in [-0.2, -0.15) is 0 Å². The summed E-state index contributed by atoms with van der Waals surface area (Å²) in [6.45, 7) is 5.69. The molecule has 1 unspecified atom stereocenters. The number of aromatic hydroxyl groups is 1. The zero-order chi connectivity index (χ0) is 18.4. The maximum absolute atomic E-state index is 11.5. The highest BCUT2D eigenvalue weighted by Gasteiger charge is 2.11. The number of nitrogens with two attached hydrogens (primary N) is 1. The van der Waals surface area contributed by atoms with E-state index in [2.05, 4.69) is 33.9 Å². The number of rotatable bonds is 4. The number of hydrogen-bond donors (Lipinski definition) is 3. The Morgan fingerprint density at radius 1 is 1.40 bits per heavy atom. The van der Waals surface area contributed by atoms with Gasteiger partial charge in [-0.3, -0.25) is 4.79 Å². The summed E-state index contributed by atoms with van der Waals surface area (Å²) in [6, 6.07) is 8.49. The van der Waals surface area contributed by atoms with Crippen molar-refractivity contribution in [3.05, 3.63) is 48.0 Å². The van der Waals surface area contributed by atoms with Crippen molar-refractivity contribution in [1.82, 2.24) is 15.5 Å². The van der Waals surface area contributed by atoms with Gasteiger partial charge in [0.25, 0.3) is 0 Å². The molecule has 6 nitrogen and oxygen atoms in total. The highest BCUT2D eigenvalue weighted by Crippen LogP contribution is 2.27. The van der Waals surface area contributed by atoms with Gasteiger partial charge >= 0.3 is 0 Å². The van der Waals surface area contributed by atoms with E-state index in [-0.39, 0.29) is 23.4 Å². The number of para-hydroxylation sites is 1. The molecule has 0 radical (unpaired) electrons. The molecule has 0 aliphatic heterocycles. The number of phenolic OH excluding ortho intramolecular Hbond substituents is 1. The topological polar surface area (TPSA) is 101 Å². The number of carbonyl (C=O) groups excluding carboxylic acids is 1. The highest BCUT2D eigenvalue weighted by atomic mass is 16.3. The van der Waals surface area contributed by atoms with Crippen LogP contribution in [0.25, 0.3) is 11.3 Å². The monoisotopic (exact) mass is 336 g/mol. The summed E-state index contributed by atoms with van der Waals surface area (Å²) in [5.41, 5.74) is 7.96. The summed E-state index contributed by atoms with van der Waals surface area (Å²) in [7, 11) is 1.59. The molecule has 2 aromatic rings. The summed E-state index contributed by atoms with van der Waals surface area (Å²) >= 11 is 0. The normalized spacial score (nSPS) is 11.1. The maximum Gasteiger partial charge on any atom is 0.222 e. The van der Waals surface area contributed by atoms with Crippen LogP contribution < -0.4 is 11.1 Å². The van der Waals surface area contributed by atoms with Crippen LogP contribution in [0.2, 0.25) is 0 Å². The van der Waals surface area contributed by atoms with Gasteiger partial charge in [-0.1, -0.05) is 37.5 Å². The minimum atomic E-state index is -0.212. The van der Waals surface area contributed by atoms with E-state index >= 15 is 0 Å². The van der Waals surface area contributed by atoms with E-state index in [0.717, 1.165) is 0 Å². The van der Waals surface area contributed by atoms with Gasteiger partial charge in [0.15, 0.2) is 5.82 Å². The highest BCUT2D eigenvalue weighted by molar-refractivity contribution is 5.78. The van der Waals surface area contributed by atoms with E-state index in [1.807, 2.05) is 6.92 Å². The van der Waals surface area contributed by atoms with Crippen molar-refractivity contribution >= 4 is 11.7 Å². The molecule has 1 atom stereocenters. The van der Waals surface area contributed by atoms with Gasteiger partial charge in [0.1, 0.15) is 5.75 Å². The zero-order valence-electron chi connectivity index (χ0n) is 14.2. The molecule has 1 aromatic carbocycles. The summed E-state index contributed by atoms with van der Waals surface area (Å²) in [4.78, 5) is 11.5. The predicted octanol–water partition coefficient (Wildman–Crippen LogP) is 2.11. The van der Waals surface area contributed by atoms with Gasteiger partial charge < -0.3 is 16.2 Å². The average molecular weight is 336 g/mol. The van der Waals surface area contributed by atoms with Crippen molar-refractivity contribution in [2.45, 2.75) is 13.3 Å². The van der Waals surface area contributed by atoms with Crippen molar-refractivity contribution in [2.24, 2.45) is 5.92 Å². The molecular formula is C19H20N4O2. The Bertz CT molecular complexity index is 865. The molecule has 0 saturated heterocycles. The fourth-order valence-corrected chi connectivity index (χ4v) is 2.24. The van der Waals surface area contributed by atoms with Gasteiger partial charge in [0.2, 0.25) is 5.91 Å². The largest absolute Gasteiger partial charge is 0.507 e. The molecule has 0 aliphatic rings. The van der Waals surface area contributed by atoms with Gasteiger partial charge in [0.05, 0.1) is 11.3 Å². The smallest absolute Gasteiger partial charge is 0.222 e. The molecule has 0 saturated carbocycles. The van der Waals surface area contributed by atoms with E-state index in [1.54, 1.807) is 37.4 Å². The first kappa shape index (κ1) is 18.0. The third-order valence-electron chi connectivity index (χ3n) is 3.62. The van der Waals surface area contributed by atoms with Gasteiger partial charge in [0, 0.05) is 18.5 Å². The van der Waals surface area contributed by atoms with Crippen LogP contribution in [0, 0.1) is 17.8 Å². The molecule has 0 bridgehead atoms. The number of allylic oxidation sites excluding steroid dienone is 1. The SMILES string of the molecule is C=C(C#Cc1cc(-c2ccccc2O)nnc1N)CC(C)C(=O)NC. The van der Waals surface area contributed by atoms with E-state index in [4.69, 9.17) is 5.73 Å². The lowest BCUT2D eigenvalue weighted by Gasteiger charge is -2.08. The van der Waals surface area contributed by atoms with Crippen molar-refractivity contribution in [2.75, 3.05) is 12.8 Å². The Labute approximate surface area is 146 Å². The Hall–Kier alpha value is -3.33. The second-order valence-corrected chi connectivity index (χ2v) is 5.62. The fraction of sp³-hybridized carbons (Fsp3) is 0.211. The lowest BCUT2D eigenvalue weighted by Crippen LogP contribution is -2.25. The number of benzene rings is 1. The number of nitrogen functional groups attached to an aromatic ring is 1. The number of anilines is 1. The van der Waals surface area contributed by atoms with Crippen LogP contribution in [0.3, 0.4) is 0 Å². The first-order valence-corrected chi connectivity index (χ1v) is 7.75. The minimum absolute atomic E-state index is 0.0603. The van der Waals surface area contributed by atoms with Crippen LogP contribution in [-0.2, 0) is 4.79 Å². The van der Waals surface area contributed by atoms with Crippen LogP contribution in [0.4, 0.5) is 5.82 Å². The quantitative estimate of drug-likeness (QED) is 0.742. The zero-order valence-corrected chi connectivity index (χ0v) is 14.2. The average Bonchev–Trinajstić information content (AvgIpc) is 2.60. The van der Waals surface area contributed by atoms with Crippen LogP contribution in [0.1, 0.15) is 18.9 Å². The van der Waals surface area contributed by atoms with Gasteiger partial charge in [-0.15, -0.1) is 10.2 Å². The summed E-state index contributed by atoms with van der Waals surface area (Å²) in [5.74, 6) is 5.85. The number of carbonyl (C=O) groups is 1. The van der Waals surface area contributed by atoms with Crippen molar-refractivity contribution in [3.63, 3.8) is 0 Å². The number of aromatic nitrogens is 2. The van der Waals surface area contributed by atoms with Crippen LogP contribution >= 0.6 is 0 Å². The molecule has 1 heterocycles. The van der Waals surface area contributed by atoms with E-state index in [9.17, 15) is 9.90 Å². The fourth-order valence-electron chi connectivity index (χ4n) is 2.24. The predicted molar refractivity (Wildman–Crippen MR) is 97.4 cm³/mol. The number of amides is 1. The number of phenols is 1. The standard InChI is InChI=1S/C19H20N4O2/c1-12(10-13(2)19(25)21-3)8-9-14-11-16(22-23-18(14)20)15-6-4-5-7-17(15)24/h4-7,11,13,24H,1,10H2,2-3H3,(H2,20,23)(H,21,25). The first-order chi connectivity index (χ1) is 11.9. The Morgan fingerprint density at radius 3 is 2.80 bits per heavy atom. The Morgan fingerprint density at radius 2 is 2.12 bits per heavy atom. The molecule has 1 aromatic heterocycles. The maximum atomic E-state index is 11.5. The number of nitrogens with zero attached hydrogens (tertiary/aromatic N) is 2. The van der Waals surface area contributed by atoms with Crippen molar-refractivity contribution in [3.8, 4) is 28.8 Å². The Balaban J connectivity index is 2.24. The van der Waals surface area contributed by atoms with Crippen LogP contribution in [0.15, 0.2) is 42.5 Å². The molecule has 0 aliphatic carbocycles.